The van der Waals surface area contributed by atoms with Crippen molar-refractivity contribution in [3.8, 4) is 22.5 Å². The van der Waals surface area contributed by atoms with E-state index in [1.54, 1.807) is 0 Å². The molecule has 171 valence electrons. The van der Waals surface area contributed by atoms with Gasteiger partial charge in [0.2, 0.25) is 0 Å². The van der Waals surface area contributed by atoms with Gasteiger partial charge in [-0.3, -0.25) is 0 Å². The zero-order chi connectivity index (χ0) is 23.5. The first-order chi connectivity index (χ1) is 15.8. The Hall–Kier alpha value is -2.75. The molecule has 0 aliphatic carbocycles. The molecule has 0 unspecified atom stereocenters. The van der Waals surface area contributed by atoms with Gasteiger partial charge in [-0.2, -0.15) is 0 Å². The summed E-state index contributed by atoms with van der Waals surface area (Å²) in [5.41, 5.74) is 8.27. The molecule has 0 saturated heterocycles. The molecule has 0 N–H and O–H groups in total. The first-order valence-corrected chi connectivity index (χ1v) is 13.7. The van der Waals surface area contributed by atoms with Crippen LogP contribution in [0.1, 0.15) is 62.3 Å². The summed E-state index contributed by atoms with van der Waals surface area (Å²) in [6.45, 7) is 12.9. The van der Waals surface area contributed by atoms with Gasteiger partial charge in [-0.15, -0.1) is 0 Å². The fourth-order valence-corrected chi connectivity index (χ4v) is 7.27. The summed E-state index contributed by atoms with van der Waals surface area (Å²) in [5.74, 6) is 0.601. The molecular weight excluding hydrogens is 585 g/mol. The fourth-order valence-electron chi connectivity index (χ4n) is 3.66. The second-order valence-corrected chi connectivity index (χ2v) is 11.6. The quantitative estimate of drug-likeness (QED) is 0.288. The third kappa shape index (κ3) is 5.10. The van der Waals surface area contributed by atoms with Gasteiger partial charge in [0.1, 0.15) is 0 Å². The van der Waals surface area contributed by atoms with Gasteiger partial charge in [0, 0.05) is 0 Å². The van der Waals surface area contributed by atoms with E-state index in [2.05, 4.69) is 90.1 Å². The van der Waals surface area contributed by atoms with Crippen molar-refractivity contribution in [2.75, 3.05) is 0 Å². The Balaban J connectivity index is 1.87. The van der Waals surface area contributed by atoms with Gasteiger partial charge in [-0.25, -0.2) is 0 Å². The van der Waals surface area contributed by atoms with E-state index >= 15 is 0 Å². The van der Waals surface area contributed by atoms with E-state index in [1.165, 1.54) is 0 Å². The van der Waals surface area contributed by atoms with Crippen LogP contribution in [0.5, 0.6) is 0 Å². The Labute approximate surface area is 204 Å². The van der Waals surface area contributed by atoms with E-state index in [4.69, 9.17) is 19.9 Å². The third-order valence-electron chi connectivity index (χ3n) is 5.42. The van der Waals surface area contributed by atoms with Crippen LogP contribution in [0.4, 0.5) is 0 Å². The van der Waals surface area contributed by atoms with Gasteiger partial charge in [0.25, 0.3) is 0 Å². The summed E-state index contributed by atoms with van der Waals surface area (Å²) < 4.78 is 2.21. The average Bonchev–Trinajstić information content (AvgIpc) is 2.81. The van der Waals surface area contributed by atoms with Crippen molar-refractivity contribution >= 4 is 8.42 Å². The molecule has 2 aromatic carbocycles. The molecule has 0 aliphatic heterocycles. The molecule has 0 radical (unpaired) electrons. The van der Waals surface area contributed by atoms with Gasteiger partial charge in [-0.1, -0.05) is 0 Å². The van der Waals surface area contributed by atoms with E-state index in [1.807, 2.05) is 12.1 Å². The molecule has 0 aliphatic rings. The monoisotopic (exact) mass is 615 g/mol. The molecule has 0 saturated carbocycles. The van der Waals surface area contributed by atoms with Crippen LogP contribution < -0.4 is 8.42 Å². The first-order valence-electron chi connectivity index (χ1n) is 11.3. The number of rotatable bonds is 6. The maximum absolute atomic E-state index is 5.21. The number of aromatic nitrogens is 4. The summed E-state index contributed by atoms with van der Waals surface area (Å²) >= 11 is -0.847. The summed E-state index contributed by atoms with van der Waals surface area (Å²) in [5, 5.41) is 0. The predicted molar refractivity (Wildman–Crippen MR) is 132 cm³/mol. The SMILES string of the molecule is Cc1nc(C(C)C)[c]([Ir][c]2nc(-c3ccccc3)c(C)nc2C(C)C)nc1-c1ccccc1. The van der Waals surface area contributed by atoms with Crippen LogP contribution in [-0.2, 0) is 17.7 Å². The summed E-state index contributed by atoms with van der Waals surface area (Å²) in [7, 11) is 0. The van der Waals surface area contributed by atoms with Gasteiger partial charge in [-0.05, 0) is 0 Å². The Bertz CT molecular complexity index is 1150. The molecule has 0 fully saturated rings. The molecule has 0 spiro atoms. The van der Waals surface area contributed by atoms with Gasteiger partial charge >= 0.3 is 205 Å². The number of hydrogen-bond donors (Lipinski definition) is 0. The van der Waals surface area contributed by atoms with Crippen LogP contribution in [0.15, 0.2) is 60.7 Å². The molecule has 0 bridgehead atoms. The van der Waals surface area contributed by atoms with Crippen molar-refractivity contribution < 1.29 is 17.7 Å². The molecular formula is C28H30IrN4. The van der Waals surface area contributed by atoms with Crippen molar-refractivity contribution in [2.45, 2.75) is 53.4 Å². The van der Waals surface area contributed by atoms with Gasteiger partial charge in [0.15, 0.2) is 0 Å². The summed E-state index contributed by atoms with van der Waals surface area (Å²) in [4.78, 5) is 20.5. The Morgan fingerprint density at radius 1 is 0.545 bits per heavy atom. The molecule has 33 heavy (non-hydrogen) atoms. The van der Waals surface area contributed by atoms with Crippen LogP contribution in [0.25, 0.3) is 22.5 Å². The zero-order valence-electron chi connectivity index (χ0n) is 20.1. The topological polar surface area (TPSA) is 51.6 Å². The van der Waals surface area contributed by atoms with Crippen molar-refractivity contribution in [3.63, 3.8) is 0 Å². The zero-order valence-corrected chi connectivity index (χ0v) is 22.4. The van der Waals surface area contributed by atoms with Crippen LogP contribution in [0.3, 0.4) is 0 Å². The van der Waals surface area contributed by atoms with E-state index in [0.29, 0.717) is 11.8 Å². The van der Waals surface area contributed by atoms with Crippen LogP contribution >= 0.6 is 0 Å². The van der Waals surface area contributed by atoms with E-state index in [0.717, 1.165) is 53.7 Å². The normalized spacial score (nSPS) is 11.5. The second-order valence-electron chi connectivity index (χ2n) is 8.75. The van der Waals surface area contributed by atoms with Crippen molar-refractivity contribution in [1.29, 1.82) is 0 Å². The molecule has 2 aromatic heterocycles. The van der Waals surface area contributed by atoms with Gasteiger partial charge < -0.3 is 0 Å². The van der Waals surface area contributed by atoms with Crippen molar-refractivity contribution in [2.24, 2.45) is 0 Å². The fraction of sp³-hybridized carbons (Fsp3) is 0.286. The number of nitrogens with zero attached hydrogens (tertiary/aromatic N) is 4. The molecule has 4 aromatic rings. The molecule has 5 heteroatoms. The van der Waals surface area contributed by atoms with Crippen molar-refractivity contribution in [1.82, 2.24) is 19.9 Å². The molecule has 2 heterocycles. The van der Waals surface area contributed by atoms with Gasteiger partial charge in [0.05, 0.1) is 0 Å². The van der Waals surface area contributed by atoms with Crippen molar-refractivity contribution in [3.05, 3.63) is 83.4 Å². The number of benzene rings is 2. The predicted octanol–water partition coefficient (Wildman–Crippen LogP) is 5.50. The standard InChI is InChI=1S/2C14H15N2.Ir/c2*1-10(2)13-9-15-14(11(3)16-13)12-7-5-4-6-8-12;/h2*4-8,10H,1-3H3;. The molecule has 0 amide bonds. The minimum absolute atomic E-state index is 0.300. The number of hydrogen-bond acceptors (Lipinski definition) is 4. The first kappa shape index (κ1) is 23.4. The maximum atomic E-state index is 5.21. The molecule has 0 atom stereocenters. The van der Waals surface area contributed by atoms with Crippen LogP contribution in [0.2, 0.25) is 0 Å². The van der Waals surface area contributed by atoms with Crippen LogP contribution in [0, 0.1) is 13.8 Å². The Morgan fingerprint density at radius 2 is 0.909 bits per heavy atom. The number of aryl methyl sites for hydroxylation is 2. The van der Waals surface area contributed by atoms with E-state index < -0.39 is 17.7 Å². The average molecular weight is 615 g/mol. The molecule has 4 rings (SSSR count). The third-order valence-corrected chi connectivity index (χ3v) is 8.31. The molecule has 4 nitrogen and oxygen atoms in total. The minimum atomic E-state index is -0.847. The summed E-state index contributed by atoms with van der Waals surface area (Å²) in [6, 6.07) is 20.7. The Morgan fingerprint density at radius 3 is 1.24 bits per heavy atom. The second kappa shape index (κ2) is 10.0. The van der Waals surface area contributed by atoms with Crippen LogP contribution in [-0.4, -0.2) is 19.9 Å². The van der Waals surface area contributed by atoms with E-state index in [9.17, 15) is 0 Å². The Kier molecular flexibility index (Phi) is 7.11. The summed E-state index contributed by atoms with van der Waals surface area (Å²) in [6.07, 6.45) is 0. The van der Waals surface area contributed by atoms with E-state index in [-0.39, 0.29) is 0 Å².